The summed E-state index contributed by atoms with van der Waals surface area (Å²) in [5.41, 5.74) is 4.38. The summed E-state index contributed by atoms with van der Waals surface area (Å²) in [7, 11) is 3.38. The summed E-state index contributed by atoms with van der Waals surface area (Å²) >= 11 is 1.50. The van der Waals surface area contributed by atoms with Gasteiger partial charge in [-0.1, -0.05) is 0 Å². The van der Waals surface area contributed by atoms with Crippen molar-refractivity contribution in [3.63, 3.8) is 0 Å². The Hall–Kier alpha value is -1.25. The van der Waals surface area contributed by atoms with Crippen LogP contribution in [0, 0.1) is 0 Å². The second-order valence-electron chi connectivity index (χ2n) is 3.48. The van der Waals surface area contributed by atoms with Gasteiger partial charge in [-0.3, -0.25) is 0 Å². The molecule has 0 aliphatic rings. The zero-order chi connectivity index (χ0) is 14.1. The molecule has 0 bridgehead atoms. The monoisotopic (exact) mass is 332 g/mol. The first-order chi connectivity index (χ1) is 9.17. The molecule has 1 rings (SSSR count). The Morgan fingerprint density at radius 1 is 1.26 bits per heavy atom. The standard InChI is InChI=1S/C11H16N6S.Ga/c1-8(9(2)15-17-11(18)12-3)14-16-10-6-4-5-7-13-10;/h4-7H,1-3H3,(H,13,16)(H2,12,17,18);/q;+1/p-1. The molecule has 1 aromatic heterocycles. The third-order valence-corrected chi connectivity index (χ3v) is 4.06. The summed E-state index contributed by atoms with van der Waals surface area (Å²) < 4.78 is 0. The average Bonchev–Trinajstić information content (AvgIpc) is 2.46. The molecule has 0 saturated carbocycles. The van der Waals surface area contributed by atoms with Crippen molar-refractivity contribution in [2.75, 3.05) is 12.5 Å². The molecule has 0 atom stereocenters. The van der Waals surface area contributed by atoms with Gasteiger partial charge >= 0.3 is 126 Å². The molecular formula is C11H15GaN6S. The van der Waals surface area contributed by atoms with E-state index in [-0.39, 0.29) is 0 Å². The van der Waals surface area contributed by atoms with Gasteiger partial charge in [-0.15, -0.1) is 0 Å². The van der Waals surface area contributed by atoms with Crippen LogP contribution in [0.2, 0.25) is 0 Å². The Balaban J connectivity index is 2.68. The fourth-order valence-electron chi connectivity index (χ4n) is 0.976. The molecule has 0 aliphatic heterocycles. The topological polar surface area (TPSA) is 74.0 Å². The Morgan fingerprint density at radius 2 is 2.05 bits per heavy atom. The normalized spacial score (nSPS) is 13.3. The average molecular weight is 333 g/mol. The summed E-state index contributed by atoms with van der Waals surface area (Å²) in [6, 6.07) is 5.59. The number of rotatable bonds is 4. The molecule has 1 heterocycles. The molecule has 98 valence electrons. The van der Waals surface area contributed by atoms with E-state index in [2.05, 4.69) is 31.0 Å². The van der Waals surface area contributed by atoms with Crippen molar-refractivity contribution in [2.45, 2.75) is 13.8 Å². The van der Waals surface area contributed by atoms with E-state index in [0.29, 0.717) is 5.82 Å². The van der Waals surface area contributed by atoms with E-state index >= 15 is 0 Å². The second-order valence-corrected chi connectivity index (χ2v) is 5.59. The first-order valence-corrected chi connectivity index (χ1v) is 9.40. The molecule has 6 nitrogen and oxygen atoms in total. The Kier molecular flexibility index (Phi) is 7.30. The predicted octanol–water partition coefficient (Wildman–Crippen LogP) is 1.64. The third kappa shape index (κ3) is 5.95. The molecule has 2 radical (unpaired) electrons. The van der Waals surface area contributed by atoms with Crippen LogP contribution >= 0.6 is 9.70 Å². The number of nitrogens with zero attached hydrogens (tertiary/aromatic N) is 4. The number of amidine groups is 1. The fourth-order valence-corrected chi connectivity index (χ4v) is 2.22. The van der Waals surface area contributed by atoms with E-state index in [1.54, 1.807) is 15.9 Å². The zero-order valence-electron chi connectivity index (χ0n) is 11.1. The molecule has 0 amide bonds. The van der Waals surface area contributed by atoms with Gasteiger partial charge in [0, 0.05) is 0 Å². The number of aromatic nitrogens is 1. The summed E-state index contributed by atoms with van der Waals surface area (Å²) in [5.74, 6) is 0.695. The first-order valence-electron chi connectivity index (χ1n) is 5.55. The van der Waals surface area contributed by atoms with Crippen LogP contribution in [0.5, 0.6) is 0 Å². The minimum atomic E-state index is 0.695. The summed E-state index contributed by atoms with van der Waals surface area (Å²) in [6.45, 7) is 3.73. The van der Waals surface area contributed by atoms with E-state index in [4.69, 9.17) is 0 Å². The molecular weight excluding hydrogens is 318 g/mol. The number of hydrogen-bond donors (Lipinski definition) is 2. The molecule has 0 fully saturated rings. The quantitative estimate of drug-likeness (QED) is 0.380. The van der Waals surface area contributed by atoms with Gasteiger partial charge in [0.25, 0.3) is 0 Å². The van der Waals surface area contributed by atoms with Crippen LogP contribution < -0.4 is 10.7 Å². The predicted molar refractivity (Wildman–Crippen MR) is 83.9 cm³/mol. The maximum atomic E-state index is 4.20. The van der Waals surface area contributed by atoms with Gasteiger partial charge in [-0.2, -0.15) is 0 Å². The van der Waals surface area contributed by atoms with Crippen LogP contribution in [0.15, 0.2) is 39.7 Å². The summed E-state index contributed by atoms with van der Waals surface area (Å²) in [6.07, 6.45) is 1.71. The van der Waals surface area contributed by atoms with Crippen LogP contribution in [0.3, 0.4) is 0 Å². The molecule has 2 N–H and O–H groups in total. The number of hydrazone groups is 1. The van der Waals surface area contributed by atoms with Crippen molar-refractivity contribution >= 4 is 49.5 Å². The van der Waals surface area contributed by atoms with E-state index in [1.807, 2.05) is 39.1 Å². The van der Waals surface area contributed by atoms with Crippen LogP contribution in [0.25, 0.3) is 0 Å². The molecule has 19 heavy (non-hydrogen) atoms. The molecule has 0 saturated heterocycles. The van der Waals surface area contributed by atoms with E-state index in [1.165, 1.54) is 17.4 Å². The van der Waals surface area contributed by atoms with E-state index < -0.39 is 0 Å². The van der Waals surface area contributed by atoms with Gasteiger partial charge in [-0.05, 0) is 0 Å². The van der Waals surface area contributed by atoms with Crippen molar-refractivity contribution in [1.82, 2.24) is 10.3 Å². The maximum absolute atomic E-state index is 4.20. The number of anilines is 1. The Bertz CT molecular complexity index is 479. The molecule has 0 aliphatic carbocycles. The molecule has 8 heteroatoms. The Labute approximate surface area is 126 Å². The SMILES string of the molecule is CNC(=NN=C(C)C(C)=NNc1ccccn1)[S][Ga]. The van der Waals surface area contributed by atoms with Gasteiger partial charge in [0.1, 0.15) is 0 Å². The third-order valence-electron chi connectivity index (χ3n) is 2.14. The number of nitrogens with one attached hydrogen (secondary N) is 2. The molecule has 0 unspecified atom stereocenters. The van der Waals surface area contributed by atoms with Crippen molar-refractivity contribution < 1.29 is 0 Å². The molecule has 1 aromatic rings. The van der Waals surface area contributed by atoms with E-state index in [9.17, 15) is 0 Å². The number of hydrogen-bond acceptors (Lipinski definition) is 6. The number of pyridine rings is 1. The van der Waals surface area contributed by atoms with Crippen LogP contribution in [-0.2, 0) is 0 Å². The van der Waals surface area contributed by atoms with Crippen molar-refractivity contribution in [3.8, 4) is 0 Å². The Morgan fingerprint density at radius 3 is 2.63 bits per heavy atom. The van der Waals surface area contributed by atoms with Crippen molar-refractivity contribution in [2.24, 2.45) is 15.3 Å². The summed E-state index contributed by atoms with van der Waals surface area (Å²) in [5, 5.41) is 16.1. The summed E-state index contributed by atoms with van der Waals surface area (Å²) in [4.78, 5) is 4.11. The zero-order valence-corrected chi connectivity index (χ0v) is 14.3. The van der Waals surface area contributed by atoms with Crippen molar-refractivity contribution in [1.29, 1.82) is 0 Å². The first kappa shape index (κ1) is 15.8. The van der Waals surface area contributed by atoms with Crippen molar-refractivity contribution in [3.05, 3.63) is 24.4 Å². The van der Waals surface area contributed by atoms with Gasteiger partial charge < -0.3 is 0 Å². The fraction of sp³-hybridized carbons (Fsp3) is 0.273. The molecule has 0 spiro atoms. The van der Waals surface area contributed by atoms with E-state index in [0.717, 1.165) is 16.6 Å². The van der Waals surface area contributed by atoms with Crippen LogP contribution in [-0.4, -0.2) is 46.0 Å². The van der Waals surface area contributed by atoms with Gasteiger partial charge in [0.2, 0.25) is 0 Å². The van der Waals surface area contributed by atoms with Gasteiger partial charge in [-0.25, -0.2) is 0 Å². The van der Waals surface area contributed by atoms with Crippen LogP contribution in [0.4, 0.5) is 5.82 Å². The van der Waals surface area contributed by atoms with Crippen LogP contribution in [0.1, 0.15) is 13.8 Å². The minimum absolute atomic E-state index is 0.695. The van der Waals surface area contributed by atoms with Gasteiger partial charge in [0.05, 0.1) is 0 Å². The second kappa shape index (κ2) is 8.78. The van der Waals surface area contributed by atoms with Gasteiger partial charge in [0.15, 0.2) is 0 Å². The molecule has 0 aromatic carbocycles.